The zero-order chi connectivity index (χ0) is 29.8. The van der Waals surface area contributed by atoms with Gasteiger partial charge in [-0.05, 0) is 56.7 Å². The number of halogens is 3. The highest BCUT2D eigenvalue weighted by atomic mass is 19.4. The lowest BCUT2D eigenvalue weighted by Crippen LogP contribution is -2.40. The summed E-state index contributed by atoms with van der Waals surface area (Å²) in [7, 11) is 1.11. The van der Waals surface area contributed by atoms with Gasteiger partial charge in [0.25, 0.3) is 0 Å². The molecule has 0 amide bonds. The molecule has 0 saturated heterocycles. The Morgan fingerprint density at radius 1 is 1.10 bits per heavy atom. The zero-order valence-corrected chi connectivity index (χ0v) is 22.0. The van der Waals surface area contributed by atoms with Crippen LogP contribution in [0, 0.1) is 11.3 Å². The molecule has 210 valence electrons. The molecule has 0 fully saturated rings. The van der Waals surface area contributed by atoms with Crippen molar-refractivity contribution < 1.29 is 41.8 Å². The van der Waals surface area contributed by atoms with Crippen molar-refractivity contribution in [2.75, 3.05) is 18.6 Å². The van der Waals surface area contributed by atoms with E-state index in [1.165, 1.54) is 44.2 Å². The molecular weight excluding hydrogens is 531 g/mol. The van der Waals surface area contributed by atoms with Gasteiger partial charge in [0, 0.05) is 11.4 Å². The molecule has 0 saturated carbocycles. The Hall–Kier alpha value is -4.79. The van der Waals surface area contributed by atoms with Crippen LogP contribution in [0.15, 0.2) is 71.2 Å². The fourth-order valence-corrected chi connectivity index (χ4v) is 4.30. The maximum Gasteiger partial charge on any atom is 0.416 e. The van der Waals surface area contributed by atoms with E-state index in [0.29, 0.717) is 11.1 Å². The molecule has 2 aromatic rings. The predicted molar refractivity (Wildman–Crippen MR) is 136 cm³/mol. The smallest absolute Gasteiger partial charge is 0.416 e. The van der Waals surface area contributed by atoms with Crippen LogP contribution in [0.25, 0.3) is 0 Å². The highest BCUT2D eigenvalue weighted by Gasteiger charge is 2.43. The SMILES string of the molecule is CCOC(=O)C1=C(N)N(c2cccc(C(F)(F)F)c2)C(C)=C(C(=O)O[C@H](C)C(=O)OC)C1c1ccc(C#N)cc1. The molecule has 0 aromatic heterocycles. The minimum atomic E-state index is -4.69. The van der Waals surface area contributed by atoms with Crippen LogP contribution in [-0.4, -0.2) is 37.7 Å². The van der Waals surface area contributed by atoms with Crippen LogP contribution in [-0.2, 0) is 34.8 Å². The van der Waals surface area contributed by atoms with Gasteiger partial charge in [0.05, 0.1) is 48.0 Å². The molecule has 2 atom stereocenters. The lowest BCUT2D eigenvalue weighted by Gasteiger charge is -2.37. The highest BCUT2D eigenvalue weighted by molar-refractivity contribution is 6.02. The fourth-order valence-electron chi connectivity index (χ4n) is 4.30. The number of allylic oxidation sites excluding steroid dienone is 1. The topological polar surface area (TPSA) is 132 Å². The van der Waals surface area contributed by atoms with Crippen LogP contribution in [0.3, 0.4) is 0 Å². The Kier molecular flexibility index (Phi) is 8.88. The van der Waals surface area contributed by atoms with E-state index in [0.717, 1.165) is 30.2 Å². The maximum absolute atomic E-state index is 13.6. The Labute approximate surface area is 228 Å². The normalized spacial score (nSPS) is 16.2. The van der Waals surface area contributed by atoms with Gasteiger partial charge in [0.1, 0.15) is 5.82 Å². The second kappa shape index (κ2) is 11.9. The second-order valence-electron chi connectivity index (χ2n) is 8.64. The summed E-state index contributed by atoms with van der Waals surface area (Å²) in [6.07, 6.45) is -6.04. The number of rotatable bonds is 7. The van der Waals surface area contributed by atoms with Crippen molar-refractivity contribution in [3.63, 3.8) is 0 Å². The highest BCUT2D eigenvalue weighted by Crippen LogP contribution is 2.44. The monoisotopic (exact) mass is 557 g/mol. The van der Waals surface area contributed by atoms with Gasteiger partial charge in [-0.1, -0.05) is 18.2 Å². The van der Waals surface area contributed by atoms with Crippen LogP contribution in [0.5, 0.6) is 0 Å². The summed E-state index contributed by atoms with van der Waals surface area (Å²) in [4.78, 5) is 40.0. The molecular formula is C28H26F3N3O6. The third kappa shape index (κ3) is 5.93. The van der Waals surface area contributed by atoms with Crippen LogP contribution in [0.4, 0.5) is 18.9 Å². The van der Waals surface area contributed by atoms with Crippen LogP contribution in [0.2, 0.25) is 0 Å². The number of ether oxygens (including phenoxy) is 3. The standard InChI is InChI=1S/C28H26F3N3O6/c1-5-39-26(36)23-22(18-11-9-17(14-32)10-12-18)21(27(37)40-16(3)25(35)38-4)15(2)34(24(23)33)20-8-6-7-19(13-20)28(29,30)31/h6-13,16,22H,5,33H2,1-4H3/t16-,22?/m1/s1. The lowest BCUT2D eigenvalue weighted by atomic mass is 9.80. The number of nitriles is 1. The number of carbonyl (C=O) groups is 3. The summed E-state index contributed by atoms with van der Waals surface area (Å²) in [5, 5.41) is 9.22. The number of anilines is 1. The van der Waals surface area contributed by atoms with Gasteiger partial charge < -0.3 is 24.8 Å². The summed E-state index contributed by atoms with van der Waals surface area (Å²) in [6, 6.07) is 12.1. The Morgan fingerprint density at radius 2 is 1.75 bits per heavy atom. The van der Waals surface area contributed by atoms with E-state index in [9.17, 15) is 32.8 Å². The van der Waals surface area contributed by atoms with Gasteiger partial charge in [0.2, 0.25) is 0 Å². The third-order valence-electron chi connectivity index (χ3n) is 6.16. The minimum Gasteiger partial charge on any atom is -0.466 e. The molecule has 2 N–H and O–H groups in total. The summed E-state index contributed by atoms with van der Waals surface area (Å²) >= 11 is 0. The first-order chi connectivity index (χ1) is 18.8. The van der Waals surface area contributed by atoms with Crippen molar-refractivity contribution in [2.24, 2.45) is 5.73 Å². The molecule has 40 heavy (non-hydrogen) atoms. The summed E-state index contributed by atoms with van der Waals surface area (Å²) < 4.78 is 55.8. The summed E-state index contributed by atoms with van der Waals surface area (Å²) in [5.74, 6) is -4.32. The number of nitrogens with zero attached hydrogens (tertiary/aromatic N) is 2. The van der Waals surface area contributed by atoms with Crippen LogP contribution in [0.1, 0.15) is 43.4 Å². The molecule has 1 unspecified atom stereocenters. The Balaban J connectivity index is 2.34. The number of nitrogens with two attached hydrogens (primary N) is 1. The van der Waals surface area contributed by atoms with E-state index in [1.807, 2.05) is 6.07 Å². The van der Waals surface area contributed by atoms with Crippen molar-refractivity contribution in [3.05, 3.63) is 87.9 Å². The zero-order valence-electron chi connectivity index (χ0n) is 22.0. The van der Waals surface area contributed by atoms with Gasteiger partial charge >= 0.3 is 24.1 Å². The van der Waals surface area contributed by atoms with E-state index >= 15 is 0 Å². The molecule has 0 aliphatic carbocycles. The molecule has 0 radical (unpaired) electrons. The average molecular weight is 558 g/mol. The molecule has 12 heteroatoms. The van der Waals surface area contributed by atoms with Crippen molar-refractivity contribution >= 4 is 23.6 Å². The molecule has 0 spiro atoms. The number of esters is 3. The largest absolute Gasteiger partial charge is 0.466 e. The van der Waals surface area contributed by atoms with Crippen molar-refractivity contribution in [2.45, 2.75) is 39.0 Å². The van der Waals surface area contributed by atoms with E-state index in [1.54, 1.807) is 6.92 Å². The molecule has 3 rings (SSSR count). The van der Waals surface area contributed by atoms with Crippen molar-refractivity contribution in [1.82, 2.24) is 0 Å². The summed E-state index contributed by atoms with van der Waals surface area (Å²) in [5.41, 5.74) is 5.64. The molecule has 9 nitrogen and oxygen atoms in total. The predicted octanol–water partition coefficient (Wildman–Crippen LogP) is 4.29. The first-order valence-corrected chi connectivity index (χ1v) is 12.0. The number of alkyl halides is 3. The van der Waals surface area contributed by atoms with E-state index in [-0.39, 0.29) is 35.0 Å². The number of benzene rings is 2. The molecule has 2 aromatic carbocycles. The second-order valence-corrected chi connectivity index (χ2v) is 8.64. The minimum absolute atomic E-state index is 0.0429. The molecule has 1 aliphatic heterocycles. The van der Waals surface area contributed by atoms with E-state index < -0.39 is 41.7 Å². The Bertz CT molecular complexity index is 1420. The molecule has 1 heterocycles. The maximum atomic E-state index is 13.6. The van der Waals surface area contributed by atoms with Gasteiger partial charge in [-0.25, -0.2) is 14.4 Å². The number of hydrogen-bond acceptors (Lipinski definition) is 9. The Morgan fingerprint density at radius 3 is 2.30 bits per heavy atom. The third-order valence-corrected chi connectivity index (χ3v) is 6.16. The lowest BCUT2D eigenvalue weighted by molar-refractivity contribution is -0.162. The summed E-state index contributed by atoms with van der Waals surface area (Å²) in [6.45, 7) is 4.18. The fraction of sp³-hybridized carbons (Fsp3) is 0.286. The van der Waals surface area contributed by atoms with Crippen LogP contribution < -0.4 is 10.6 Å². The van der Waals surface area contributed by atoms with Crippen molar-refractivity contribution in [3.8, 4) is 6.07 Å². The first kappa shape index (κ1) is 29.8. The van der Waals surface area contributed by atoms with Crippen LogP contribution >= 0.6 is 0 Å². The first-order valence-electron chi connectivity index (χ1n) is 12.0. The number of methoxy groups -OCH3 is 1. The van der Waals surface area contributed by atoms with Gasteiger partial charge in [-0.2, -0.15) is 18.4 Å². The van der Waals surface area contributed by atoms with Gasteiger partial charge in [0.15, 0.2) is 6.10 Å². The number of hydrogen-bond donors (Lipinski definition) is 1. The average Bonchev–Trinajstić information content (AvgIpc) is 2.92. The van der Waals surface area contributed by atoms with Crippen molar-refractivity contribution in [1.29, 1.82) is 5.26 Å². The quantitative estimate of drug-likeness (QED) is 0.391. The molecule has 0 bridgehead atoms. The molecule has 1 aliphatic rings. The van der Waals surface area contributed by atoms with E-state index in [2.05, 4.69) is 4.74 Å². The van der Waals surface area contributed by atoms with E-state index in [4.69, 9.17) is 15.2 Å². The number of carbonyl (C=O) groups excluding carboxylic acids is 3. The van der Waals surface area contributed by atoms with Gasteiger partial charge in [-0.15, -0.1) is 0 Å². The van der Waals surface area contributed by atoms with Gasteiger partial charge in [-0.3, -0.25) is 0 Å².